The summed E-state index contributed by atoms with van der Waals surface area (Å²) in [5.41, 5.74) is 7.73. The van der Waals surface area contributed by atoms with Gasteiger partial charge in [-0.3, -0.25) is 5.10 Å². The summed E-state index contributed by atoms with van der Waals surface area (Å²) in [5.74, 6) is 0.938. The highest BCUT2D eigenvalue weighted by Gasteiger charge is 2.21. The molecule has 6 aromatic heterocycles. The van der Waals surface area contributed by atoms with Crippen LogP contribution >= 0.6 is 11.3 Å². The van der Waals surface area contributed by atoms with Crippen molar-refractivity contribution >= 4 is 33.5 Å². The van der Waals surface area contributed by atoms with E-state index in [1.807, 2.05) is 43.1 Å². The van der Waals surface area contributed by atoms with Crippen molar-refractivity contribution in [2.75, 3.05) is 0 Å². The molecule has 0 aromatic carbocycles. The highest BCUT2D eigenvalue weighted by atomic mass is 32.1. The third kappa shape index (κ3) is 2.70. The number of aryl methyl sites for hydroxylation is 2. The lowest BCUT2D eigenvalue weighted by Crippen LogP contribution is -1.96. The zero-order valence-electron chi connectivity index (χ0n) is 17.1. The molecule has 0 aliphatic heterocycles. The molecular weight excluding hydrogens is 408 g/mol. The van der Waals surface area contributed by atoms with Gasteiger partial charge >= 0.3 is 0 Å². The van der Waals surface area contributed by atoms with E-state index in [2.05, 4.69) is 49.2 Å². The average Bonchev–Trinajstić information content (AvgIpc) is 3.55. The molecule has 0 bridgehead atoms. The molecule has 0 fully saturated rings. The molecular formula is C22H18N8S. The monoisotopic (exact) mass is 426 g/mol. The third-order valence-electron chi connectivity index (χ3n) is 5.58. The van der Waals surface area contributed by atoms with Crippen LogP contribution in [0, 0.1) is 13.8 Å². The Labute approximate surface area is 181 Å². The van der Waals surface area contributed by atoms with Crippen molar-refractivity contribution in [3.05, 3.63) is 53.7 Å². The number of aromatic nitrogens is 8. The largest absolute Gasteiger partial charge is 0.330 e. The fourth-order valence-electron chi connectivity index (χ4n) is 3.86. The Morgan fingerprint density at radius 3 is 2.65 bits per heavy atom. The number of thiophene rings is 1. The molecule has 0 radical (unpaired) electrons. The first-order valence-corrected chi connectivity index (χ1v) is 10.6. The second-order valence-corrected chi connectivity index (χ2v) is 8.76. The summed E-state index contributed by atoms with van der Waals surface area (Å²) in [6.07, 6.45) is 5.37. The van der Waals surface area contributed by atoms with Gasteiger partial charge in [0.25, 0.3) is 0 Å². The summed E-state index contributed by atoms with van der Waals surface area (Å²) in [7, 11) is 1.99. The number of hydrogen-bond acceptors (Lipinski definition) is 6. The van der Waals surface area contributed by atoms with E-state index < -0.39 is 0 Å². The number of imidazole rings is 2. The third-order valence-corrected chi connectivity index (χ3v) is 6.60. The lowest BCUT2D eigenvalue weighted by atomic mass is 10.0. The van der Waals surface area contributed by atoms with Crippen LogP contribution in [0.5, 0.6) is 0 Å². The maximum absolute atomic E-state index is 4.96. The summed E-state index contributed by atoms with van der Waals surface area (Å²) in [6.45, 7) is 4.08. The number of hydrogen-bond donors (Lipinski definition) is 2. The molecule has 6 aromatic rings. The number of fused-ring (bicyclic) bond motifs is 2. The molecule has 0 aliphatic rings. The Bertz CT molecular complexity index is 1580. The van der Waals surface area contributed by atoms with Gasteiger partial charge < -0.3 is 9.55 Å². The predicted octanol–water partition coefficient (Wildman–Crippen LogP) is 4.64. The zero-order valence-corrected chi connectivity index (χ0v) is 17.9. The molecule has 31 heavy (non-hydrogen) atoms. The van der Waals surface area contributed by atoms with E-state index in [0.29, 0.717) is 0 Å². The van der Waals surface area contributed by atoms with E-state index in [1.165, 1.54) is 4.88 Å². The minimum atomic E-state index is 0.753. The second-order valence-electron chi connectivity index (χ2n) is 7.47. The molecule has 6 heterocycles. The van der Waals surface area contributed by atoms with Crippen LogP contribution in [0.2, 0.25) is 0 Å². The summed E-state index contributed by atoms with van der Waals surface area (Å²) in [5, 5.41) is 7.75. The smallest absolute Gasteiger partial charge is 0.157 e. The van der Waals surface area contributed by atoms with Crippen molar-refractivity contribution in [3.8, 4) is 33.1 Å². The Morgan fingerprint density at radius 1 is 0.968 bits per heavy atom. The van der Waals surface area contributed by atoms with E-state index in [1.54, 1.807) is 17.7 Å². The summed E-state index contributed by atoms with van der Waals surface area (Å²) in [6, 6.07) is 8.23. The normalized spacial score (nSPS) is 11.7. The van der Waals surface area contributed by atoms with Crippen LogP contribution in [0.4, 0.5) is 0 Å². The maximum atomic E-state index is 4.96. The topological polar surface area (TPSA) is 101 Å². The number of pyridine rings is 2. The van der Waals surface area contributed by atoms with Gasteiger partial charge in [0, 0.05) is 34.1 Å². The fraction of sp³-hybridized carbons (Fsp3) is 0.136. The van der Waals surface area contributed by atoms with Gasteiger partial charge in [0.15, 0.2) is 5.65 Å². The fourth-order valence-corrected chi connectivity index (χ4v) is 4.79. The minimum Gasteiger partial charge on any atom is -0.330 e. The molecule has 8 nitrogen and oxygen atoms in total. The molecule has 0 unspecified atom stereocenters. The van der Waals surface area contributed by atoms with Gasteiger partial charge in [-0.2, -0.15) is 5.10 Å². The van der Waals surface area contributed by atoms with Crippen LogP contribution in [-0.2, 0) is 7.05 Å². The molecule has 0 saturated carbocycles. The van der Waals surface area contributed by atoms with Gasteiger partial charge in [0.2, 0.25) is 0 Å². The molecule has 0 spiro atoms. The Morgan fingerprint density at radius 2 is 1.87 bits per heavy atom. The van der Waals surface area contributed by atoms with Crippen molar-refractivity contribution in [1.82, 2.24) is 39.7 Å². The van der Waals surface area contributed by atoms with Crippen LogP contribution in [-0.4, -0.2) is 39.7 Å². The average molecular weight is 427 g/mol. The molecule has 0 saturated heterocycles. The summed E-state index contributed by atoms with van der Waals surface area (Å²) >= 11 is 1.73. The van der Waals surface area contributed by atoms with Gasteiger partial charge in [0.1, 0.15) is 22.6 Å². The number of nitrogens with one attached hydrogen (secondary N) is 2. The first kappa shape index (κ1) is 18.0. The molecule has 2 N–H and O–H groups in total. The van der Waals surface area contributed by atoms with Crippen molar-refractivity contribution in [1.29, 1.82) is 0 Å². The number of rotatable bonds is 3. The van der Waals surface area contributed by atoms with Crippen LogP contribution in [0.25, 0.3) is 55.3 Å². The van der Waals surface area contributed by atoms with Crippen LogP contribution in [0.3, 0.4) is 0 Å². The Hall–Kier alpha value is -3.85. The lowest BCUT2D eigenvalue weighted by molar-refractivity contribution is 0.862. The Kier molecular flexibility index (Phi) is 3.81. The molecule has 6 rings (SSSR count). The van der Waals surface area contributed by atoms with Crippen molar-refractivity contribution in [2.24, 2.45) is 7.05 Å². The van der Waals surface area contributed by atoms with E-state index in [4.69, 9.17) is 4.98 Å². The van der Waals surface area contributed by atoms with Gasteiger partial charge in [-0.05, 0) is 38.1 Å². The number of H-pyrrole nitrogens is 2. The van der Waals surface area contributed by atoms with Crippen LogP contribution < -0.4 is 0 Å². The molecule has 0 atom stereocenters. The molecule has 152 valence electrons. The van der Waals surface area contributed by atoms with Gasteiger partial charge in [-0.25, -0.2) is 19.9 Å². The molecule has 9 heteroatoms. The highest BCUT2D eigenvalue weighted by Crippen LogP contribution is 2.40. The quantitative estimate of drug-likeness (QED) is 0.429. The first-order valence-electron chi connectivity index (χ1n) is 9.83. The summed E-state index contributed by atoms with van der Waals surface area (Å²) < 4.78 is 2.03. The number of aromatic amines is 2. The van der Waals surface area contributed by atoms with E-state index in [9.17, 15) is 0 Å². The van der Waals surface area contributed by atoms with E-state index >= 15 is 0 Å². The van der Waals surface area contributed by atoms with Crippen molar-refractivity contribution in [2.45, 2.75) is 13.8 Å². The summed E-state index contributed by atoms with van der Waals surface area (Å²) in [4.78, 5) is 24.0. The second kappa shape index (κ2) is 6.58. The molecule has 0 aliphatic carbocycles. The first-order chi connectivity index (χ1) is 15.1. The van der Waals surface area contributed by atoms with Gasteiger partial charge in [-0.15, -0.1) is 11.3 Å². The highest BCUT2D eigenvalue weighted by molar-refractivity contribution is 7.15. The van der Waals surface area contributed by atoms with Gasteiger partial charge in [-0.1, -0.05) is 0 Å². The van der Waals surface area contributed by atoms with Crippen molar-refractivity contribution < 1.29 is 0 Å². The van der Waals surface area contributed by atoms with Crippen molar-refractivity contribution in [3.63, 3.8) is 0 Å². The van der Waals surface area contributed by atoms with Crippen LogP contribution in [0.1, 0.15) is 10.7 Å². The molecule has 0 amide bonds. The SMILES string of the molecule is Cc1ccc(-c2c(-c3n[nH]c4ccc(-c5cnc(C)n5C)nc34)cnc3[nH]cnc23)s1. The standard InChI is InChI=1S/C22H18N8S/c1-11-4-7-17(31-11)18-13(8-24-22-21(18)25-10-26-22)19-20-15(28-29-19)6-5-14(27-20)16-9-23-12(2)30(16)3/h4-10H,1-3H3,(H,28,29)(H,24,25,26). The maximum Gasteiger partial charge on any atom is 0.157 e. The number of nitrogens with zero attached hydrogens (tertiary/aromatic N) is 6. The Balaban J connectivity index is 1.62. The van der Waals surface area contributed by atoms with Crippen LogP contribution in [0.15, 0.2) is 43.0 Å². The predicted molar refractivity (Wildman–Crippen MR) is 122 cm³/mol. The van der Waals surface area contributed by atoms with E-state index in [-0.39, 0.29) is 0 Å². The van der Waals surface area contributed by atoms with E-state index in [0.717, 1.165) is 61.1 Å². The lowest BCUT2D eigenvalue weighted by Gasteiger charge is -2.07. The van der Waals surface area contributed by atoms with Gasteiger partial charge in [0.05, 0.1) is 29.4 Å². The minimum absolute atomic E-state index is 0.753. The zero-order chi connectivity index (χ0) is 21.1.